The Kier molecular flexibility index (Phi) is 5.62. The minimum atomic E-state index is -4.90. The van der Waals surface area contributed by atoms with Gasteiger partial charge in [-0.15, -0.1) is 0 Å². The van der Waals surface area contributed by atoms with E-state index in [2.05, 4.69) is 16.6 Å². The maximum absolute atomic E-state index is 13.4. The molecule has 0 radical (unpaired) electrons. The highest BCUT2D eigenvalue weighted by molar-refractivity contribution is 6.31. The van der Waals surface area contributed by atoms with Crippen molar-refractivity contribution in [1.29, 1.82) is 0 Å². The molecule has 0 amide bonds. The Hall–Kier alpha value is -3.31. The van der Waals surface area contributed by atoms with Crippen LogP contribution in [0.4, 0.5) is 18.0 Å². The summed E-state index contributed by atoms with van der Waals surface area (Å²) in [6.07, 6.45) is -8.46. The van der Waals surface area contributed by atoms with Gasteiger partial charge in [0.05, 0.1) is 12.7 Å². The zero-order chi connectivity index (χ0) is 21.2. The summed E-state index contributed by atoms with van der Waals surface area (Å²) in [7, 11) is 1.52. The lowest BCUT2D eigenvalue weighted by atomic mass is 10.0. The first-order valence-electron chi connectivity index (χ1n) is 8.02. The van der Waals surface area contributed by atoms with Crippen molar-refractivity contribution in [1.82, 2.24) is 0 Å². The van der Waals surface area contributed by atoms with Gasteiger partial charge < -0.3 is 19.3 Å². The van der Waals surface area contributed by atoms with Gasteiger partial charge in [-0.05, 0) is 42.5 Å². The number of carbonyl (C=O) groups is 1. The van der Waals surface area contributed by atoms with E-state index < -0.39 is 24.2 Å². The van der Waals surface area contributed by atoms with Gasteiger partial charge in [0.25, 0.3) is 6.10 Å². The van der Waals surface area contributed by atoms with E-state index in [1.165, 1.54) is 19.2 Å². The zero-order valence-corrected chi connectivity index (χ0v) is 15.5. The highest BCUT2D eigenvalue weighted by Crippen LogP contribution is 2.40. The number of ether oxygens (including phenoxy) is 3. The van der Waals surface area contributed by atoms with Gasteiger partial charge in [-0.1, -0.05) is 23.4 Å². The minimum Gasteiger partial charge on any atom is -0.497 e. The van der Waals surface area contributed by atoms with Crippen LogP contribution in [0.2, 0.25) is 5.02 Å². The highest BCUT2D eigenvalue weighted by Gasteiger charge is 2.48. The van der Waals surface area contributed by atoms with E-state index in [-0.39, 0.29) is 21.9 Å². The van der Waals surface area contributed by atoms with E-state index >= 15 is 0 Å². The first-order valence-corrected chi connectivity index (χ1v) is 8.40. The van der Waals surface area contributed by atoms with Gasteiger partial charge in [-0.25, -0.2) is 4.79 Å². The van der Waals surface area contributed by atoms with Crippen LogP contribution in [0.15, 0.2) is 42.2 Å². The molecule has 0 saturated carbocycles. The molecule has 5 nitrogen and oxygen atoms in total. The highest BCUT2D eigenvalue weighted by atomic mass is 35.5. The quantitative estimate of drug-likeness (QED) is 0.536. The standard InChI is InChI=1S/C20H12ClF3O5/c1-27-15-6-3-11(4-7-15)2-5-12-8-14(21)9-13-10-16(28-19(25)26)18(20(22,23)24)29-17(12)13/h3-4,6-10,18H,1H3,(H,25,26)/t18-/m0/s1. The predicted molar refractivity (Wildman–Crippen MR) is 98.0 cm³/mol. The van der Waals surface area contributed by atoms with Gasteiger partial charge in [0.1, 0.15) is 11.5 Å². The molecule has 150 valence electrons. The Morgan fingerprint density at radius 3 is 2.48 bits per heavy atom. The fraction of sp³-hybridized carbons (Fsp3) is 0.150. The summed E-state index contributed by atoms with van der Waals surface area (Å²) in [4.78, 5) is 10.7. The molecule has 3 rings (SSSR count). The fourth-order valence-corrected chi connectivity index (χ4v) is 2.80. The number of benzene rings is 2. The van der Waals surface area contributed by atoms with E-state index in [9.17, 15) is 18.0 Å². The molecule has 29 heavy (non-hydrogen) atoms. The molecule has 1 aliphatic heterocycles. The molecular formula is C20H12ClF3O5. The summed E-state index contributed by atoms with van der Waals surface area (Å²) in [5.74, 6) is 5.10. The zero-order valence-electron chi connectivity index (χ0n) is 14.7. The maximum atomic E-state index is 13.4. The lowest BCUT2D eigenvalue weighted by Gasteiger charge is -2.28. The average Bonchev–Trinajstić information content (AvgIpc) is 2.64. The van der Waals surface area contributed by atoms with Crippen LogP contribution in [-0.2, 0) is 4.74 Å². The molecule has 0 spiro atoms. The van der Waals surface area contributed by atoms with Crippen LogP contribution < -0.4 is 9.47 Å². The second-order valence-electron chi connectivity index (χ2n) is 5.80. The van der Waals surface area contributed by atoms with Crippen molar-refractivity contribution in [2.24, 2.45) is 0 Å². The number of halogens is 4. The summed E-state index contributed by atoms with van der Waals surface area (Å²) < 4.78 is 54.4. The first-order chi connectivity index (χ1) is 13.7. The molecule has 0 saturated heterocycles. The summed E-state index contributed by atoms with van der Waals surface area (Å²) >= 11 is 6.03. The van der Waals surface area contributed by atoms with Crippen molar-refractivity contribution in [3.8, 4) is 23.3 Å². The number of alkyl halides is 3. The second kappa shape index (κ2) is 7.97. The van der Waals surface area contributed by atoms with E-state index in [4.69, 9.17) is 26.2 Å². The summed E-state index contributed by atoms with van der Waals surface area (Å²) in [6.45, 7) is 0. The van der Waals surface area contributed by atoms with Gasteiger partial charge in [0.2, 0.25) is 0 Å². The van der Waals surface area contributed by atoms with Crippen LogP contribution >= 0.6 is 11.6 Å². The molecule has 0 aromatic heterocycles. The molecule has 1 aliphatic rings. The lowest BCUT2D eigenvalue weighted by molar-refractivity contribution is -0.191. The van der Waals surface area contributed by atoms with E-state index in [1.54, 1.807) is 24.3 Å². The van der Waals surface area contributed by atoms with Gasteiger partial charge in [-0.3, -0.25) is 0 Å². The molecule has 2 aromatic carbocycles. The van der Waals surface area contributed by atoms with Crippen LogP contribution in [0, 0.1) is 11.8 Å². The SMILES string of the molecule is COc1ccc(C#Cc2cc(Cl)cc3c2O[C@H](C(F)(F)F)C(OC(=O)O)=C3)cc1. The van der Waals surface area contributed by atoms with Crippen molar-refractivity contribution in [2.75, 3.05) is 7.11 Å². The van der Waals surface area contributed by atoms with E-state index in [0.29, 0.717) is 11.3 Å². The van der Waals surface area contributed by atoms with E-state index in [1.807, 2.05) is 0 Å². The van der Waals surface area contributed by atoms with Crippen LogP contribution in [-0.4, -0.2) is 30.7 Å². The molecule has 1 atom stereocenters. The number of hydrogen-bond acceptors (Lipinski definition) is 4. The van der Waals surface area contributed by atoms with Gasteiger partial charge >= 0.3 is 12.3 Å². The lowest BCUT2D eigenvalue weighted by Crippen LogP contribution is -2.39. The van der Waals surface area contributed by atoms with Crippen molar-refractivity contribution >= 4 is 23.8 Å². The Morgan fingerprint density at radius 1 is 1.21 bits per heavy atom. The van der Waals surface area contributed by atoms with Crippen LogP contribution in [0.5, 0.6) is 11.5 Å². The third-order valence-corrected chi connectivity index (χ3v) is 4.03. The monoisotopic (exact) mass is 424 g/mol. The smallest absolute Gasteiger partial charge is 0.497 e. The molecule has 0 unspecified atom stereocenters. The molecule has 0 bridgehead atoms. The Balaban J connectivity index is 2.05. The van der Waals surface area contributed by atoms with Crippen LogP contribution in [0.25, 0.3) is 6.08 Å². The normalized spacial score (nSPS) is 15.2. The number of rotatable bonds is 2. The molecule has 1 N–H and O–H groups in total. The van der Waals surface area contributed by atoms with Gasteiger partial charge in [0, 0.05) is 16.1 Å². The molecular weight excluding hydrogens is 413 g/mol. The van der Waals surface area contributed by atoms with Crippen molar-refractivity contribution < 1.29 is 37.3 Å². The molecule has 1 heterocycles. The second-order valence-corrected chi connectivity index (χ2v) is 6.24. The number of methoxy groups -OCH3 is 1. The minimum absolute atomic E-state index is 0.114. The average molecular weight is 425 g/mol. The third kappa shape index (κ3) is 4.76. The molecule has 0 fully saturated rings. The van der Waals surface area contributed by atoms with Crippen molar-refractivity contribution in [3.63, 3.8) is 0 Å². The summed E-state index contributed by atoms with van der Waals surface area (Å²) in [6, 6.07) is 9.42. The van der Waals surface area contributed by atoms with Crippen molar-refractivity contribution in [3.05, 3.63) is 63.9 Å². The Bertz CT molecular complexity index is 1030. The first kappa shape index (κ1) is 20.4. The Labute approximate surface area is 168 Å². The van der Waals surface area contributed by atoms with Crippen LogP contribution in [0.3, 0.4) is 0 Å². The van der Waals surface area contributed by atoms with Crippen molar-refractivity contribution in [2.45, 2.75) is 12.3 Å². The van der Waals surface area contributed by atoms with Gasteiger partial charge in [-0.2, -0.15) is 13.2 Å². The molecule has 2 aromatic rings. The topological polar surface area (TPSA) is 65.0 Å². The largest absolute Gasteiger partial charge is 0.511 e. The predicted octanol–water partition coefficient (Wildman–Crippen LogP) is 5.11. The fourth-order valence-electron chi connectivity index (χ4n) is 2.58. The third-order valence-electron chi connectivity index (χ3n) is 3.81. The van der Waals surface area contributed by atoms with E-state index in [0.717, 1.165) is 6.08 Å². The molecule has 9 heteroatoms. The summed E-state index contributed by atoms with van der Waals surface area (Å²) in [5.41, 5.74) is 0.824. The summed E-state index contributed by atoms with van der Waals surface area (Å²) in [5, 5.41) is 8.89. The number of hydrogen-bond donors (Lipinski definition) is 1. The maximum Gasteiger partial charge on any atom is 0.511 e. The Morgan fingerprint density at radius 2 is 1.90 bits per heavy atom. The van der Waals surface area contributed by atoms with Crippen LogP contribution in [0.1, 0.15) is 16.7 Å². The van der Waals surface area contributed by atoms with Gasteiger partial charge in [0.15, 0.2) is 5.76 Å². The number of fused-ring (bicyclic) bond motifs is 1. The molecule has 0 aliphatic carbocycles. The number of carboxylic acid groups (broad SMARTS) is 1.